The van der Waals surface area contributed by atoms with Gasteiger partial charge in [0.25, 0.3) is 0 Å². The first-order chi connectivity index (χ1) is 5.86. The van der Waals surface area contributed by atoms with Crippen molar-refractivity contribution in [3.8, 4) is 11.4 Å². The SMILES string of the molecule is Clc1ncc(-c2ncon2)cn1. The number of hydrogen-bond donors (Lipinski definition) is 0. The number of rotatable bonds is 1. The lowest BCUT2D eigenvalue weighted by Crippen LogP contribution is -1.85. The number of nitrogens with zero attached hydrogens (tertiary/aromatic N) is 4. The van der Waals surface area contributed by atoms with Gasteiger partial charge in [0.2, 0.25) is 17.5 Å². The molecule has 0 saturated carbocycles. The molecule has 6 heteroatoms. The molecule has 0 bridgehead atoms. The lowest BCUT2D eigenvalue weighted by atomic mass is 10.3. The molecule has 12 heavy (non-hydrogen) atoms. The van der Waals surface area contributed by atoms with Gasteiger partial charge in [-0.2, -0.15) is 4.98 Å². The summed E-state index contributed by atoms with van der Waals surface area (Å²) in [7, 11) is 0. The van der Waals surface area contributed by atoms with Gasteiger partial charge in [-0.25, -0.2) is 9.97 Å². The summed E-state index contributed by atoms with van der Waals surface area (Å²) < 4.78 is 4.55. The van der Waals surface area contributed by atoms with Crippen molar-refractivity contribution in [1.29, 1.82) is 0 Å². The minimum atomic E-state index is 0.197. The molecule has 0 aliphatic rings. The van der Waals surface area contributed by atoms with Crippen LogP contribution in [0.3, 0.4) is 0 Å². The number of hydrogen-bond acceptors (Lipinski definition) is 5. The molecular weight excluding hydrogens is 180 g/mol. The van der Waals surface area contributed by atoms with Crippen molar-refractivity contribution in [1.82, 2.24) is 20.1 Å². The fourth-order valence-electron chi connectivity index (χ4n) is 0.726. The second-order valence-electron chi connectivity index (χ2n) is 2.00. The van der Waals surface area contributed by atoms with Crippen molar-refractivity contribution in [2.45, 2.75) is 0 Å². The van der Waals surface area contributed by atoms with Crippen LogP contribution in [0.5, 0.6) is 0 Å². The van der Waals surface area contributed by atoms with Crippen molar-refractivity contribution in [2.24, 2.45) is 0 Å². The summed E-state index contributed by atoms with van der Waals surface area (Å²) in [5.41, 5.74) is 0.674. The molecule has 0 spiro atoms. The minimum absolute atomic E-state index is 0.197. The van der Waals surface area contributed by atoms with E-state index in [4.69, 9.17) is 11.6 Å². The zero-order valence-corrected chi connectivity index (χ0v) is 6.56. The Hall–Kier alpha value is -1.49. The topological polar surface area (TPSA) is 64.7 Å². The minimum Gasteiger partial charge on any atom is -0.342 e. The highest BCUT2D eigenvalue weighted by Gasteiger charge is 2.02. The van der Waals surface area contributed by atoms with E-state index in [1.807, 2.05) is 0 Å². The first-order valence-electron chi connectivity index (χ1n) is 3.10. The molecule has 0 radical (unpaired) electrons. The normalized spacial score (nSPS) is 10.1. The van der Waals surface area contributed by atoms with E-state index in [1.165, 1.54) is 18.8 Å². The van der Waals surface area contributed by atoms with Crippen LogP contribution >= 0.6 is 11.6 Å². The van der Waals surface area contributed by atoms with Crippen molar-refractivity contribution in [2.75, 3.05) is 0 Å². The van der Waals surface area contributed by atoms with Crippen LogP contribution in [0.15, 0.2) is 23.3 Å². The first kappa shape index (κ1) is 7.17. The van der Waals surface area contributed by atoms with E-state index in [9.17, 15) is 0 Å². The summed E-state index contributed by atoms with van der Waals surface area (Å²) in [6.45, 7) is 0. The van der Waals surface area contributed by atoms with Crippen LogP contribution in [0, 0.1) is 0 Å². The molecule has 0 saturated heterocycles. The maximum absolute atomic E-state index is 5.49. The summed E-state index contributed by atoms with van der Waals surface area (Å²) in [6.07, 6.45) is 4.30. The lowest BCUT2D eigenvalue weighted by Gasteiger charge is -1.90. The molecule has 0 aliphatic heterocycles. The van der Waals surface area contributed by atoms with E-state index in [2.05, 4.69) is 24.6 Å². The standard InChI is InChI=1S/C6H3ClN4O/c7-6-8-1-4(2-9-6)5-10-3-12-11-5/h1-3H. The molecule has 0 amide bonds. The Balaban J connectivity index is 2.43. The zero-order valence-electron chi connectivity index (χ0n) is 5.81. The van der Waals surface area contributed by atoms with Crippen molar-refractivity contribution in [3.05, 3.63) is 24.1 Å². The summed E-state index contributed by atoms with van der Waals surface area (Å²) >= 11 is 5.49. The smallest absolute Gasteiger partial charge is 0.222 e. The van der Waals surface area contributed by atoms with Gasteiger partial charge in [-0.1, -0.05) is 5.16 Å². The number of aromatic nitrogens is 4. The Labute approximate surface area is 72.4 Å². The number of halogens is 1. The first-order valence-corrected chi connectivity index (χ1v) is 3.48. The highest BCUT2D eigenvalue weighted by atomic mass is 35.5. The third kappa shape index (κ3) is 1.26. The van der Waals surface area contributed by atoms with Crippen molar-refractivity contribution in [3.63, 3.8) is 0 Å². The third-order valence-electron chi connectivity index (χ3n) is 1.24. The quantitative estimate of drug-likeness (QED) is 0.620. The maximum Gasteiger partial charge on any atom is 0.222 e. The molecule has 0 atom stereocenters. The molecule has 2 rings (SSSR count). The zero-order chi connectivity index (χ0) is 8.39. The van der Waals surface area contributed by atoms with Crippen LogP contribution in [0.25, 0.3) is 11.4 Å². The fourth-order valence-corrected chi connectivity index (χ4v) is 0.823. The predicted octanol–water partition coefficient (Wildman–Crippen LogP) is 1.18. The molecule has 0 unspecified atom stereocenters. The van der Waals surface area contributed by atoms with Gasteiger partial charge in [0, 0.05) is 12.4 Å². The van der Waals surface area contributed by atoms with Gasteiger partial charge in [0.05, 0.1) is 5.56 Å². The summed E-state index contributed by atoms with van der Waals surface area (Å²) in [6, 6.07) is 0. The third-order valence-corrected chi connectivity index (χ3v) is 1.44. The average Bonchev–Trinajstić information content (AvgIpc) is 2.58. The molecule has 60 valence electrons. The Morgan fingerprint density at radius 1 is 1.17 bits per heavy atom. The molecule has 0 aromatic carbocycles. The molecule has 2 aromatic heterocycles. The van der Waals surface area contributed by atoms with Gasteiger partial charge in [-0.05, 0) is 11.6 Å². The monoisotopic (exact) mass is 182 g/mol. The van der Waals surface area contributed by atoms with Crippen LogP contribution in [0.2, 0.25) is 5.28 Å². The fraction of sp³-hybridized carbons (Fsp3) is 0. The largest absolute Gasteiger partial charge is 0.342 e. The van der Waals surface area contributed by atoms with Gasteiger partial charge in [-0.3, -0.25) is 0 Å². The Bertz CT molecular complexity index is 358. The Morgan fingerprint density at radius 3 is 2.50 bits per heavy atom. The summed E-state index contributed by atoms with van der Waals surface area (Å²) in [5, 5.41) is 3.80. The molecule has 2 aromatic rings. The van der Waals surface area contributed by atoms with E-state index < -0.39 is 0 Å². The van der Waals surface area contributed by atoms with E-state index in [1.54, 1.807) is 0 Å². The van der Waals surface area contributed by atoms with Gasteiger partial charge < -0.3 is 4.52 Å². The van der Waals surface area contributed by atoms with E-state index in [0.29, 0.717) is 11.4 Å². The average molecular weight is 183 g/mol. The van der Waals surface area contributed by atoms with Crippen LogP contribution in [-0.2, 0) is 0 Å². The maximum atomic E-state index is 5.49. The lowest BCUT2D eigenvalue weighted by molar-refractivity contribution is 0.418. The van der Waals surface area contributed by atoms with Gasteiger partial charge in [-0.15, -0.1) is 0 Å². The van der Waals surface area contributed by atoms with Crippen molar-refractivity contribution < 1.29 is 4.52 Å². The second kappa shape index (κ2) is 2.86. The van der Waals surface area contributed by atoms with E-state index in [0.717, 1.165) is 0 Å². The Kier molecular flexibility index (Phi) is 1.71. The van der Waals surface area contributed by atoms with Crippen LogP contribution in [-0.4, -0.2) is 20.1 Å². The van der Waals surface area contributed by atoms with Gasteiger partial charge in [0.15, 0.2) is 0 Å². The van der Waals surface area contributed by atoms with Gasteiger partial charge >= 0.3 is 0 Å². The van der Waals surface area contributed by atoms with E-state index in [-0.39, 0.29) is 5.28 Å². The van der Waals surface area contributed by atoms with Crippen molar-refractivity contribution >= 4 is 11.6 Å². The molecule has 2 heterocycles. The highest BCUT2D eigenvalue weighted by Crippen LogP contribution is 2.11. The summed E-state index contributed by atoms with van der Waals surface area (Å²) in [5.74, 6) is 0.451. The molecule has 0 aliphatic carbocycles. The van der Waals surface area contributed by atoms with Crippen LogP contribution in [0.4, 0.5) is 0 Å². The predicted molar refractivity (Wildman–Crippen MR) is 40.3 cm³/mol. The van der Waals surface area contributed by atoms with Crippen LogP contribution < -0.4 is 0 Å². The molecule has 0 fully saturated rings. The molecule has 0 N–H and O–H groups in total. The highest BCUT2D eigenvalue weighted by molar-refractivity contribution is 6.28. The van der Waals surface area contributed by atoms with Crippen LogP contribution in [0.1, 0.15) is 0 Å². The van der Waals surface area contributed by atoms with Gasteiger partial charge in [0.1, 0.15) is 0 Å². The summed E-state index contributed by atoms with van der Waals surface area (Å²) in [4.78, 5) is 11.4. The molecule has 5 nitrogen and oxygen atoms in total. The second-order valence-corrected chi connectivity index (χ2v) is 2.33. The molecular formula is C6H3ClN4O. The Morgan fingerprint density at radius 2 is 1.92 bits per heavy atom. The van der Waals surface area contributed by atoms with E-state index >= 15 is 0 Å².